The molecule has 0 unspecified atom stereocenters. The van der Waals surface area contributed by atoms with E-state index in [9.17, 15) is 4.79 Å². The number of fused-ring (bicyclic) bond motifs is 1. The minimum Gasteiger partial charge on any atom is -0.477 e. The number of nitrogens with zero attached hydrogens (tertiary/aromatic N) is 2. The monoisotopic (exact) mass is 222 g/mol. The van der Waals surface area contributed by atoms with Crippen LogP contribution in [0, 0.1) is 0 Å². The van der Waals surface area contributed by atoms with Crippen molar-refractivity contribution in [1.82, 2.24) is 9.97 Å². The highest BCUT2D eigenvalue weighted by molar-refractivity contribution is 7.20. The van der Waals surface area contributed by atoms with E-state index < -0.39 is 5.97 Å². The van der Waals surface area contributed by atoms with Crippen molar-refractivity contribution in [2.75, 3.05) is 0 Å². The van der Waals surface area contributed by atoms with E-state index in [-0.39, 0.29) is 5.92 Å². The van der Waals surface area contributed by atoms with Crippen LogP contribution in [0.1, 0.15) is 35.3 Å². The van der Waals surface area contributed by atoms with Crippen LogP contribution in [0.4, 0.5) is 0 Å². The molecule has 5 heteroatoms. The van der Waals surface area contributed by atoms with Crippen LogP contribution in [0.15, 0.2) is 12.3 Å². The molecule has 0 aromatic carbocycles. The summed E-state index contributed by atoms with van der Waals surface area (Å²) in [6.45, 7) is 4.01. The molecular weight excluding hydrogens is 212 g/mol. The molecule has 0 spiro atoms. The van der Waals surface area contributed by atoms with Gasteiger partial charge in [0.15, 0.2) is 0 Å². The molecule has 0 bridgehead atoms. The van der Waals surface area contributed by atoms with Crippen molar-refractivity contribution in [1.29, 1.82) is 0 Å². The maximum absolute atomic E-state index is 10.8. The molecule has 0 aliphatic heterocycles. The molecule has 4 nitrogen and oxygen atoms in total. The van der Waals surface area contributed by atoms with Crippen molar-refractivity contribution in [3.05, 3.63) is 23.0 Å². The Hall–Kier alpha value is -1.49. The first-order valence-corrected chi connectivity index (χ1v) is 5.39. The van der Waals surface area contributed by atoms with Crippen molar-refractivity contribution < 1.29 is 9.90 Å². The van der Waals surface area contributed by atoms with E-state index >= 15 is 0 Å². The summed E-state index contributed by atoms with van der Waals surface area (Å²) in [5, 5.41) is 9.62. The number of rotatable bonds is 2. The molecule has 0 aliphatic carbocycles. The minimum atomic E-state index is -0.913. The first-order valence-electron chi connectivity index (χ1n) is 4.57. The summed E-state index contributed by atoms with van der Waals surface area (Å²) < 4.78 is 0. The zero-order valence-corrected chi connectivity index (χ0v) is 9.21. The Balaban J connectivity index is 2.57. The number of aromatic nitrogens is 2. The molecule has 0 fully saturated rings. The number of hydrogen-bond acceptors (Lipinski definition) is 4. The van der Waals surface area contributed by atoms with Crippen LogP contribution < -0.4 is 0 Å². The summed E-state index contributed by atoms with van der Waals surface area (Å²) in [5.74, 6) is 0.0927. The Morgan fingerprint density at radius 2 is 2.27 bits per heavy atom. The molecule has 0 saturated carbocycles. The van der Waals surface area contributed by atoms with Gasteiger partial charge in [-0.1, -0.05) is 13.8 Å². The average molecular weight is 222 g/mol. The van der Waals surface area contributed by atoms with Crippen LogP contribution in [-0.4, -0.2) is 21.0 Å². The number of thiophene rings is 1. The molecule has 15 heavy (non-hydrogen) atoms. The quantitative estimate of drug-likeness (QED) is 0.848. The molecule has 2 heterocycles. The highest BCUT2D eigenvalue weighted by atomic mass is 32.1. The van der Waals surface area contributed by atoms with E-state index in [0.29, 0.717) is 4.88 Å². The van der Waals surface area contributed by atoms with Crippen LogP contribution in [0.25, 0.3) is 10.2 Å². The van der Waals surface area contributed by atoms with Crippen LogP contribution in [-0.2, 0) is 0 Å². The van der Waals surface area contributed by atoms with Crippen LogP contribution in [0.3, 0.4) is 0 Å². The summed E-state index contributed by atoms with van der Waals surface area (Å²) in [4.78, 5) is 20.3. The van der Waals surface area contributed by atoms with E-state index in [2.05, 4.69) is 9.97 Å². The lowest BCUT2D eigenvalue weighted by atomic mass is 10.2. The van der Waals surface area contributed by atoms with Gasteiger partial charge in [-0.05, 0) is 6.07 Å². The third-order valence-corrected chi connectivity index (χ3v) is 3.05. The fourth-order valence-corrected chi connectivity index (χ4v) is 2.08. The molecule has 0 saturated heterocycles. The molecule has 0 aliphatic rings. The zero-order valence-electron chi connectivity index (χ0n) is 8.39. The second-order valence-electron chi connectivity index (χ2n) is 3.56. The van der Waals surface area contributed by atoms with Gasteiger partial charge in [-0.25, -0.2) is 14.8 Å². The second-order valence-corrected chi connectivity index (χ2v) is 4.59. The molecule has 2 aromatic heterocycles. The minimum absolute atomic E-state index is 0.254. The Morgan fingerprint density at radius 3 is 2.87 bits per heavy atom. The van der Waals surface area contributed by atoms with Crippen molar-refractivity contribution in [2.45, 2.75) is 19.8 Å². The van der Waals surface area contributed by atoms with Gasteiger partial charge in [-0.3, -0.25) is 0 Å². The summed E-state index contributed by atoms with van der Waals surface area (Å²) >= 11 is 1.19. The molecule has 2 aromatic rings. The zero-order chi connectivity index (χ0) is 11.0. The molecule has 0 radical (unpaired) electrons. The molecule has 1 N–H and O–H groups in total. The van der Waals surface area contributed by atoms with Crippen LogP contribution >= 0.6 is 11.3 Å². The standard InChI is InChI=1S/C10H10N2O2S/c1-5(2)8-11-4-6-3-7(10(13)14)15-9(6)12-8/h3-5H,1-2H3,(H,13,14). The van der Waals surface area contributed by atoms with Crippen LogP contribution in [0.2, 0.25) is 0 Å². The Bertz CT molecular complexity index is 519. The number of aromatic carboxylic acids is 1. The third-order valence-electron chi connectivity index (χ3n) is 2.02. The summed E-state index contributed by atoms with van der Waals surface area (Å²) in [6, 6.07) is 1.60. The predicted molar refractivity (Wildman–Crippen MR) is 58.5 cm³/mol. The summed E-state index contributed by atoms with van der Waals surface area (Å²) in [6.07, 6.45) is 1.68. The number of carbonyl (C=O) groups is 1. The number of carboxylic acids is 1. The van der Waals surface area contributed by atoms with Gasteiger partial charge in [-0.2, -0.15) is 0 Å². The number of hydrogen-bond donors (Lipinski definition) is 1. The van der Waals surface area contributed by atoms with E-state index in [4.69, 9.17) is 5.11 Å². The Morgan fingerprint density at radius 1 is 1.53 bits per heavy atom. The third kappa shape index (κ3) is 1.83. The predicted octanol–water partition coefficient (Wildman–Crippen LogP) is 2.51. The summed E-state index contributed by atoms with van der Waals surface area (Å²) in [7, 11) is 0. The average Bonchev–Trinajstić information content (AvgIpc) is 2.59. The molecular formula is C10H10N2O2S. The second kappa shape index (κ2) is 3.58. The molecule has 2 rings (SSSR count). The first kappa shape index (κ1) is 10.0. The number of carboxylic acid groups (broad SMARTS) is 1. The molecule has 0 amide bonds. The smallest absolute Gasteiger partial charge is 0.345 e. The van der Waals surface area contributed by atoms with Gasteiger partial charge in [0.1, 0.15) is 15.5 Å². The Kier molecular flexibility index (Phi) is 2.40. The van der Waals surface area contributed by atoms with Gasteiger partial charge in [-0.15, -0.1) is 11.3 Å². The topological polar surface area (TPSA) is 63.1 Å². The van der Waals surface area contributed by atoms with E-state index in [0.717, 1.165) is 16.0 Å². The summed E-state index contributed by atoms with van der Waals surface area (Å²) in [5.41, 5.74) is 0. The van der Waals surface area contributed by atoms with Gasteiger partial charge < -0.3 is 5.11 Å². The fraction of sp³-hybridized carbons (Fsp3) is 0.300. The first-order chi connectivity index (χ1) is 7.08. The SMILES string of the molecule is CC(C)c1ncc2cc(C(=O)O)sc2n1. The van der Waals surface area contributed by atoms with E-state index in [1.165, 1.54) is 11.3 Å². The lowest BCUT2D eigenvalue weighted by Gasteiger charge is -2.00. The fourth-order valence-electron chi connectivity index (χ4n) is 1.23. The van der Waals surface area contributed by atoms with Gasteiger partial charge >= 0.3 is 5.97 Å². The normalized spacial score (nSPS) is 11.1. The van der Waals surface area contributed by atoms with Crippen LogP contribution in [0.5, 0.6) is 0 Å². The lowest BCUT2D eigenvalue weighted by Crippen LogP contribution is -1.95. The highest BCUT2D eigenvalue weighted by Gasteiger charge is 2.11. The van der Waals surface area contributed by atoms with Gasteiger partial charge in [0.25, 0.3) is 0 Å². The van der Waals surface area contributed by atoms with Crippen molar-refractivity contribution in [3.8, 4) is 0 Å². The largest absolute Gasteiger partial charge is 0.477 e. The van der Waals surface area contributed by atoms with Gasteiger partial charge in [0.05, 0.1) is 0 Å². The molecule has 0 atom stereocenters. The van der Waals surface area contributed by atoms with Crippen molar-refractivity contribution in [2.24, 2.45) is 0 Å². The lowest BCUT2D eigenvalue weighted by molar-refractivity contribution is 0.0702. The highest BCUT2D eigenvalue weighted by Crippen LogP contribution is 2.24. The molecule has 78 valence electrons. The Labute approximate surface area is 90.6 Å². The maximum atomic E-state index is 10.8. The maximum Gasteiger partial charge on any atom is 0.345 e. The van der Waals surface area contributed by atoms with E-state index in [1.807, 2.05) is 13.8 Å². The van der Waals surface area contributed by atoms with Crippen molar-refractivity contribution in [3.63, 3.8) is 0 Å². The van der Waals surface area contributed by atoms with Gasteiger partial charge in [0, 0.05) is 17.5 Å². The van der Waals surface area contributed by atoms with Crippen molar-refractivity contribution >= 4 is 27.5 Å². The van der Waals surface area contributed by atoms with E-state index in [1.54, 1.807) is 12.3 Å². The van der Waals surface area contributed by atoms with Gasteiger partial charge in [0.2, 0.25) is 0 Å².